The van der Waals surface area contributed by atoms with Crippen molar-refractivity contribution < 1.29 is 0 Å². The minimum Gasteiger partial charge on any atom is -0.281 e. The number of aromatic nitrogens is 2. The molecule has 3 aromatic rings. The molecule has 0 N–H and O–H groups in total. The van der Waals surface area contributed by atoms with E-state index in [0.717, 1.165) is 34.0 Å². The summed E-state index contributed by atoms with van der Waals surface area (Å²) in [6.45, 7) is 12.6. The van der Waals surface area contributed by atoms with Crippen molar-refractivity contribution >= 4 is 28.8 Å². The average molecular weight is 355 g/mol. The molecule has 0 atom stereocenters. The van der Waals surface area contributed by atoms with Gasteiger partial charge in [0.2, 0.25) is 0 Å². The van der Waals surface area contributed by atoms with Crippen molar-refractivity contribution in [2.75, 3.05) is 0 Å². The Kier molecular flexibility index (Phi) is 4.41. The molecule has 0 aliphatic heterocycles. The van der Waals surface area contributed by atoms with Gasteiger partial charge in [0.05, 0.1) is 16.4 Å². The van der Waals surface area contributed by atoms with E-state index in [4.69, 9.17) is 16.6 Å². The molecule has 25 heavy (non-hydrogen) atoms. The summed E-state index contributed by atoms with van der Waals surface area (Å²) in [5.74, 6) is 0.726. The van der Waals surface area contributed by atoms with Gasteiger partial charge >= 0.3 is 0 Å². The lowest BCUT2D eigenvalue weighted by Gasteiger charge is -2.15. The summed E-state index contributed by atoms with van der Waals surface area (Å²) in [4.78, 5) is 4.75. The van der Waals surface area contributed by atoms with Gasteiger partial charge < -0.3 is 0 Å². The molecule has 0 saturated heterocycles. The van der Waals surface area contributed by atoms with Crippen molar-refractivity contribution in [3.63, 3.8) is 0 Å². The Labute approximate surface area is 153 Å². The molecule has 3 rings (SSSR count). The van der Waals surface area contributed by atoms with Crippen LogP contribution in [0.4, 0.5) is 11.5 Å². The van der Waals surface area contributed by atoms with E-state index in [0.29, 0.717) is 5.02 Å². The molecule has 2 aromatic heterocycles. The van der Waals surface area contributed by atoms with Crippen LogP contribution in [0, 0.1) is 20.8 Å². The standard InChI is InChI=1S/C20H23ClN4/c1-12-9-13(2)17(14(3)10-12)23-24-19-18(20(4,5)6)22-16-8-7-15(21)11-25(16)19/h7-11H,1-6H3. The Hall–Kier alpha value is -2.20. The average Bonchev–Trinajstić information content (AvgIpc) is 2.84. The molecule has 4 nitrogen and oxygen atoms in total. The van der Waals surface area contributed by atoms with Gasteiger partial charge in [-0.3, -0.25) is 4.40 Å². The number of imidazole rings is 1. The molecule has 0 radical (unpaired) electrons. The number of azo groups is 1. The molecule has 0 spiro atoms. The molecule has 0 fully saturated rings. The Bertz CT molecular complexity index is 954. The first-order valence-electron chi connectivity index (χ1n) is 8.34. The lowest BCUT2D eigenvalue weighted by Crippen LogP contribution is -2.11. The summed E-state index contributed by atoms with van der Waals surface area (Å²) in [6, 6.07) is 7.99. The Morgan fingerprint density at radius 1 is 1.00 bits per heavy atom. The number of nitrogens with zero attached hydrogens (tertiary/aromatic N) is 4. The fraction of sp³-hybridized carbons (Fsp3) is 0.350. The third-order valence-electron chi connectivity index (χ3n) is 4.15. The number of benzene rings is 1. The zero-order valence-corrected chi connectivity index (χ0v) is 16.3. The van der Waals surface area contributed by atoms with Crippen LogP contribution in [0.5, 0.6) is 0 Å². The lowest BCUT2D eigenvalue weighted by molar-refractivity contribution is 0.574. The lowest BCUT2D eigenvalue weighted by atomic mass is 9.92. The van der Waals surface area contributed by atoms with Crippen molar-refractivity contribution in [1.82, 2.24) is 9.38 Å². The quantitative estimate of drug-likeness (QED) is 0.476. The second kappa shape index (κ2) is 6.26. The van der Waals surface area contributed by atoms with E-state index in [1.807, 2.05) is 22.7 Å². The van der Waals surface area contributed by atoms with E-state index in [2.05, 4.69) is 63.9 Å². The third-order valence-corrected chi connectivity index (χ3v) is 4.37. The zero-order chi connectivity index (χ0) is 18.4. The molecule has 0 unspecified atom stereocenters. The minimum atomic E-state index is -0.149. The van der Waals surface area contributed by atoms with Crippen molar-refractivity contribution in [2.24, 2.45) is 10.2 Å². The Balaban J connectivity index is 2.20. The van der Waals surface area contributed by atoms with Gasteiger partial charge in [0.1, 0.15) is 5.65 Å². The van der Waals surface area contributed by atoms with Crippen molar-refractivity contribution in [2.45, 2.75) is 47.0 Å². The highest BCUT2D eigenvalue weighted by atomic mass is 35.5. The van der Waals surface area contributed by atoms with E-state index >= 15 is 0 Å². The van der Waals surface area contributed by atoms with Crippen LogP contribution in [0.3, 0.4) is 0 Å². The number of hydrogen-bond acceptors (Lipinski definition) is 3. The van der Waals surface area contributed by atoms with Crippen LogP contribution in [0.1, 0.15) is 43.2 Å². The fourth-order valence-corrected chi connectivity index (χ4v) is 3.19. The first kappa shape index (κ1) is 17.6. The van der Waals surface area contributed by atoms with Gasteiger partial charge in [0.15, 0.2) is 5.82 Å². The molecule has 2 heterocycles. The highest BCUT2D eigenvalue weighted by molar-refractivity contribution is 6.30. The van der Waals surface area contributed by atoms with E-state index in [1.54, 1.807) is 0 Å². The van der Waals surface area contributed by atoms with E-state index in [9.17, 15) is 0 Å². The molecule has 130 valence electrons. The van der Waals surface area contributed by atoms with Crippen LogP contribution >= 0.6 is 11.6 Å². The van der Waals surface area contributed by atoms with Gasteiger partial charge in [-0.2, -0.15) is 0 Å². The van der Waals surface area contributed by atoms with Crippen LogP contribution in [0.2, 0.25) is 5.02 Å². The summed E-state index contributed by atoms with van der Waals surface area (Å²) >= 11 is 6.18. The molecular formula is C20H23ClN4. The van der Waals surface area contributed by atoms with Crippen molar-refractivity contribution in [1.29, 1.82) is 0 Å². The summed E-state index contributed by atoms with van der Waals surface area (Å²) in [6.07, 6.45) is 1.84. The van der Waals surface area contributed by atoms with Gasteiger partial charge in [-0.05, 0) is 44.0 Å². The molecule has 0 aliphatic carbocycles. The summed E-state index contributed by atoms with van der Waals surface area (Å²) in [5, 5.41) is 9.80. The molecule has 0 saturated carbocycles. The zero-order valence-electron chi connectivity index (χ0n) is 15.6. The maximum Gasteiger partial charge on any atom is 0.183 e. The highest BCUT2D eigenvalue weighted by Gasteiger charge is 2.24. The molecule has 0 bridgehead atoms. The molecule has 0 aliphatic rings. The minimum absolute atomic E-state index is 0.149. The van der Waals surface area contributed by atoms with E-state index in [-0.39, 0.29) is 5.41 Å². The van der Waals surface area contributed by atoms with Gasteiger partial charge in [0.25, 0.3) is 0 Å². The van der Waals surface area contributed by atoms with Crippen LogP contribution in [0.15, 0.2) is 40.7 Å². The topological polar surface area (TPSA) is 42.0 Å². The normalized spacial score (nSPS) is 12.4. The van der Waals surface area contributed by atoms with E-state index < -0.39 is 0 Å². The summed E-state index contributed by atoms with van der Waals surface area (Å²) in [7, 11) is 0. The SMILES string of the molecule is Cc1cc(C)c(N=Nc2c(C(C)(C)C)nc3ccc(Cl)cn23)c(C)c1. The first-order chi connectivity index (χ1) is 11.7. The van der Waals surface area contributed by atoms with Gasteiger partial charge in [-0.15, -0.1) is 10.2 Å². The maximum atomic E-state index is 6.18. The van der Waals surface area contributed by atoms with Crippen LogP contribution in [0.25, 0.3) is 5.65 Å². The number of fused-ring (bicyclic) bond motifs is 1. The fourth-order valence-electron chi connectivity index (χ4n) is 3.03. The largest absolute Gasteiger partial charge is 0.281 e. The molecule has 0 amide bonds. The Morgan fingerprint density at radius 2 is 1.64 bits per heavy atom. The maximum absolute atomic E-state index is 6.18. The predicted molar refractivity (Wildman–Crippen MR) is 104 cm³/mol. The van der Waals surface area contributed by atoms with E-state index in [1.165, 1.54) is 5.56 Å². The number of rotatable bonds is 2. The molecular weight excluding hydrogens is 332 g/mol. The third kappa shape index (κ3) is 3.45. The second-order valence-electron chi connectivity index (χ2n) is 7.56. The van der Waals surface area contributed by atoms with Crippen LogP contribution in [-0.4, -0.2) is 9.38 Å². The second-order valence-corrected chi connectivity index (χ2v) is 7.99. The Morgan fingerprint density at radius 3 is 2.24 bits per heavy atom. The predicted octanol–water partition coefficient (Wildman–Crippen LogP) is 6.63. The highest BCUT2D eigenvalue weighted by Crippen LogP contribution is 2.34. The smallest absolute Gasteiger partial charge is 0.183 e. The van der Waals surface area contributed by atoms with Crippen molar-refractivity contribution in [3.05, 3.63) is 57.9 Å². The van der Waals surface area contributed by atoms with Crippen LogP contribution < -0.4 is 0 Å². The molecule has 5 heteroatoms. The van der Waals surface area contributed by atoms with Gasteiger partial charge in [-0.1, -0.05) is 50.1 Å². The monoisotopic (exact) mass is 354 g/mol. The summed E-state index contributed by atoms with van der Waals surface area (Å²) in [5.41, 5.74) is 5.94. The molecule has 1 aromatic carbocycles. The number of pyridine rings is 1. The number of aryl methyl sites for hydroxylation is 3. The first-order valence-corrected chi connectivity index (χ1v) is 8.72. The number of hydrogen-bond donors (Lipinski definition) is 0. The van der Waals surface area contributed by atoms with Gasteiger partial charge in [-0.25, -0.2) is 4.98 Å². The van der Waals surface area contributed by atoms with Crippen LogP contribution in [-0.2, 0) is 5.41 Å². The van der Waals surface area contributed by atoms with Crippen molar-refractivity contribution in [3.8, 4) is 0 Å². The van der Waals surface area contributed by atoms with Gasteiger partial charge in [0, 0.05) is 11.6 Å². The summed E-state index contributed by atoms with van der Waals surface area (Å²) < 4.78 is 1.91. The number of halogens is 1.